The van der Waals surface area contributed by atoms with E-state index in [9.17, 15) is 9.59 Å². The fraction of sp³-hybridized carbons (Fsp3) is 0.318. The molecule has 5 nitrogen and oxygen atoms in total. The summed E-state index contributed by atoms with van der Waals surface area (Å²) in [5.41, 5.74) is 3.65. The van der Waals surface area contributed by atoms with Gasteiger partial charge in [0.25, 0.3) is 5.91 Å². The van der Waals surface area contributed by atoms with Crippen LogP contribution in [-0.2, 0) is 22.5 Å². The Bertz CT molecular complexity index is 1080. The Morgan fingerprint density at radius 2 is 1.86 bits per heavy atom. The van der Waals surface area contributed by atoms with Crippen molar-refractivity contribution < 1.29 is 14.3 Å². The van der Waals surface area contributed by atoms with Gasteiger partial charge in [-0.3, -0.25) is 4.79 Å². The van der Waals surface area contributed by atoms with Crippen LogP contribution in [0.1, 0.15) is 48.2 Å². The Kier molecular flexibility index (Phi) is 6.09. The minimum absolute atomic E-state index is 0.181. The molecule has 0 bridgehead atoms. The van der Waals surface area contributed by atoms with Gasteiger partial charge in [-0.2, -0.15) is 4.99 Å². The number of carbonyl (C=O) groups excluding carboxylic acids is 2. The van der Waals surface area contributed by atoms with E-state index < -0.39 is 0 Å². The lowest BCUT2D eigenvalue weighted by molar-refractivity contribution is -0.117. The molecule has 0 fully saturated rings. The molecule has 3 aromatic rings. The number of thiazole rings is 1. The number of benzene rings is 2. The van der Waals surface area contributed by atoms with Crippen LogP contribution in [-0.4, -0.2) is 23.6 Å². The number of carbonyl (C=O) groups is 2. The van der Waals surface area contributed by atoms with Crippen LogP contribution in [0.25, 0.3) is 10.2 Å². The Hall–Kier alpha value is -2.73. The van der Waals surface area contributed by atoms with Crippen LogP contribution in [0.4, 0.5) is 0 Å². The smallest absolute Gasteiger partial charge is 0.337 e. The van der Waals surface area contributed by atoms with Gasteiger partial charge in [0.05, 0.1) is 29.3 Å². The van der Waals surface area contributed by atoms with Crippen LogP contribution < -0.4 is 4.80 Å². The molecule has 0 spiro atoms. The monoisotopic (exact) mass is 396 g/mol. The highest BCUT2D eigenvalue weighted by atomic mass is 32.1. The molecule has 0 N–H and O–H groups in total. The molecule has 0 atom stereocenters. The van der Waals surface area contributed by atoms with Gasteiger partial charge >= 0.3 is 5.97 Å². The van der Waals surface area contributed by atoms with Gasteiger partial charge in [0, 0.05) is 6.54 Å². The van der Waals surface area contributed by atoms with Crippen LogP contribution >= 0.6 is 11.3 Å². The molecule has 6 heteroatoms. The van der Waals surface area contributed by atoms with E-state index in [1.54, 1.807) is 12.1 Å². The molecule has 1 aromatic heterocycles. The van der Waals surface area contributed by atoms with Crippen LogP contribution in [0.15, 0.2) is 47.5 Å². The van der Waals surface area contributed by atoms with Crippen LogP contribution in [0.3, 0.4) is 0 Å². The SMILES string of the molecule is CCn1c(=NC(=O)Cc2ccc(C(C)C)cc2)sc2cc(C(=O)OC)ccc21. The number of aryl methyl sites for hydroxylation is 1. The van der Waals surface area contributed by atoms with Gasteiger partial charge in [0.1, 0.15) is 0 Å². The summed E-state index contributed by atoms with van der Waals surface area (Å²) >= 11 is 1.40. The van der Waals surface area contributed by atoms with E-state index >= 15 is 0 Å². The fourth-order valence-corrected chi connectivity index (χ4v) is 4.20. The van der Waals surface area contributed by atoms with Crippen molar-refractivity contribution >= 4 is 33.4 Å². The van der Waals surface area contributed by atoms with Crippen LogP contribution in [0.2, 0.25) is 0 Å². The second-order valence-electron chi connectivity index (χ2n) is 6.88. The number of amides is 1. The van der Waals surface area contributed by atoms with Gasteiger partial charge < -0.3 is 9.30 Å². The molecular formula is C22H24N2O3S. The maximum atomic E-state index is 12.5. The largest absolute Gasteiger partial charge is 0.465 e. The van der Waals surface area contributed by atoms with Crippen molar-refractivity contribution in [2.75, 3.05) is 7.11 Å². The van der Waals surface area contributed by atoms with Crippen molar-refractivity contribution in [3.63, 3.8) is 0 Å². The lowest BCUT2D eigenvalue weighted by atomic mass is 10.0. The zero-order valence-electron chi connectivity index (χ0n) is 16.6. The molecule has 0 aliphatic carbocycles. The highest BCUT2D eigenvalue weighted by Crippen LogP contribution is 2.20. The first-order chi connectivity index (χ1) is 13.4. The number of nitrogens with zero attached hydrogens (tertiary/aromatic N) is 2. The molecule has 0 radical (unpaired) electrons. The van der Waals surface area contributed by atoms with Gasteiger partial charge in [-0.05, 0) is 42.2 Å². The number of hydrogen-bond donors (Lipinski definition) is 0. The van der Waals surface area contributed by atoms with Gasteiger partial charge in [0.15, 0.2) is 4.80 Å². The van der Waals surface area contributed by atoms with Gasteiger partial charge in [-0.1, -0.05) is 49.4 Å². The third-order valence-electron chi connectivity index (χ3n) is 4.64. The van der Waals surface area contributed by atoms with Gasteiger partial charge in [-0.25, -0.2) is 4.79 Å². The second kappa shape index (κ2) is 8.52. The molecule has 146 valence electrons. The predicted molar refractivity (Wildman–Crippen MR) is 112 cm³/mol. The van der Waals surface area contributed by atoms with Crippen molar-refractivity contribution in [3.8, 4) is 0 Å². The first-order valence-corrected chi connectivity index (χ1v) is 10.1. The normalized spacial score (nSPS) is 12.0. The van der Waals surface area contributed by atoms with Crippen LogP contribution in [0.5, 0.6) is 0 Å². The summed E-state index contributed by atoms with van der Waals surface area (Å²) in [6.45, 7) is 6.99. The summed E-state index contributed by atoms with van der Waals surface area (Å²) in [5.74, 6) is -0.0941. The molecule has 1 amide bonds. The molecule has 0 saturated heterocycles. The van der Waals surface area contributed by atoms with E-state index in [-0.39, 0.29) is 18.3 Å². The molecule has 0 unspecified atom stereocenters. The highest BCUT2D eigenvalue weighted by Gasteiger charge is 2.11. The van der Waals surface area contributed by atoms with E-state index in [2.05, 4.69) is 31.0 Å². The minimum atomic E-state index is -0.377. The third kappa shape index (κ3) is 4.22. The first kappa shape index (κ1) is 20.0. The first-order valence-electron chi connectivity index (χ1n) is 9.31. The number of hydrogen-bond acceptors (Lipinski definition) is 4. The summed E-state index contributed by atoms with van der Waals surface area (Å²) in [4.78, 5) is 29.3. The van der Waals surface area contributed by atoms with Crippen LogP contribution in [0, 0.1) is 0 Å². The summed E-state index contributed by atoms with van der Waals surface area (Å²) in [6.07, 6.45) is 0.268. The number of ether oxygens (including phenoxy) is 1. The predicted octanol–water partition coefficient (Wildman–Crippen LogP) is 4.30. The van der Waals surface area contributed by atoms with Gasteiger partial charge in [0.2, 0.25) is 0 Å². The van der Waals surface area contributed by atoms with Crippen molar-refractivity contribution in [2.45, 2.75) is 39.7 Å². The number of methoxy groups -OCH3 is 1. The number of fused-ring (bicyclic) bond motifs is 1. The zero-order valence-corrected chi connectivity index (χ0v) is 17.4. The Morgan fingerprint density at radius 1 is 1.14 bits per heavy atom. The van der Waals surface area contributed by atoms with E-state index in [1.165, 1.54) is 24.0 Å². The summed E-state index contributed by atoms with van der Waals surface area (Å²) in [6, 6.07) is 13.5. The lowest BCUT2D eigenvalue weighted by Crippen LogP contribution is -2.16. The molecule has 2 aromatic carbocycles. The van der Waals surface area contributed by atoms with E-state index in [0.717, 1.165) is 15.8 Å². The molecule has 28 heavy (non-hydrogen) atoms. The molecule has 3 rings (SSSR count). The average Bonchev–Trinajstić information content (AvgIpc) is 3.03. The second-order valence-corrected chi connectivity index (χ2v) is 7.89. The van der Waals surface area contributed by atoms with E-state index in [0.29, 0.717) is 22.8 Å². The third-order valence-corrected chi connectivity index (χ3v) is 5.68. The quantitative estimate of drug-likeness (QED) is 0.604. The fourth-order valence-electron chi connectivity index (χ4n) is 3.05. The Balaban J connectivity index is 1.91. The van der Waals surface area contributed by atoms with Crippen molar-refractivity contribution in [2.24, 2.45) is 4.99 Å². The van der Waals surface area contributed by atoms with E-state index in [4.69, 9.17) is 4.74 Å². The minimum Gasteiger partial charge on any atom is -0.465 e. The topological polar surface area (TPSA) is 60.7 Å². The van der Waals surface area contributed by atoms with Crippen molar-refractivity contribution in [1.29, 1.82) is 0 Å². The summed E-state index contributed by atoms with van der Waals surface area (Å²) in [7, 11) is 1.36. The molecule has 0 aliphatic rings. The Morgan fingerprint density at radius 3 is 2.46 bits per heavy atom. The number of aromatic nitrogens is 1. The molecule has 1 heterocycles. The lowest BCUT2D eigenvalue weighted by Gasteiger charge is -2.05. The van der Waals surface area contributed by atoms with E-state index in [1.807, 2.05) is 29.7 Å². The highest BCUT2D eigenvalue weighted by molar-refractivity contribution is 7.16. The summed E-state index contributed by atoms with van der Waals surface area (Å²) < 4.78 is 7.67. The maximum absolute atomic E-state index is 12.5. The standard InChI is InChI=1S/C22H24N2O3S/c1-5-24-18-11-10-17(21(26)27-4)13-19(18)28-22(24)23-20(25)12-15-6-8-16(9-7-15)14(2)3/h6-11,13-14H,5,12H2,1-4H3. The van der Waals surface area contributed by atoms with Crippen molar-refractivity contribution in [1.82, 2.24) is 4.57 Å². The van der Waals surface area contributed by atoms with Crippen molar-refractivity contribution in [3.05, 3.63) is 64.0 Å². The maximum Gasteiger partial charge on any atom is 0.337 e. The van der Waals surface area contributed by atoms with Gasteiger partial charge in [-0.15, -0.1) is 0 Å². The zero-order chi connectivity index (χ0) is 20.3. The number of esters is 1. The average molecular weight is 397 g/mol. The Labute approximate surface area is 168 Å². The molecule has 0 saturated carbocycles. The number of rotatable bonds is 5. The molecule has 0 aliphatic heterocycles. The molecular weight excluding hydrogens is 372 g/mol. The summed E-state index contributed by atoms with van der Waals surface area (Å²) in [5, 5.41) is 0.